The van der Waals surface area contributed by atoms with E-state index in [0.717, 1.165) is 21.6 Å². The predicted molar refractivity (Wildman–Crippen MR) is 303 cm³/mol. The number of rotatable bonds is 15. The van der Waals surface area contributed by atoms with Gasteiger partial charge in [0, 0.05) is 42.9 Å². The summed E-state index contributed by atoms with van der Waals surface area (Å²) in [5.41, 5.74) is 3.35. The molecule has 3 amide bonds. The predicted octanol–water partition coefficient (Wildman–Crippen LogP) is 9.05. The SMILES string of the molecule is COc1cc2c(cc1OC)CN(C(=O)[C@@H]1[C@H]3C(=O)O[C@H](c4ccccc4)[C@H](c4ccccc4)N3[C@H](c3ccccc3OCCO)[C@@]13C(=O)N(C(=O)OCc1ccc([N+](=O)[O-])cc1)c1ccc(C#CCN(C)Cc4ccccc4)cc13)CC2. The molecular weight excluding hydrogens is 1040 g/mol. The maximum atomic E-state index is 17.1. The smallest absolute Gasteiger partial charge is 0.421 e. The van der Waals surface area contributed by atoms with Crippen LogP contribution in [0.15, 0.2) is 170 Å². The Morgan fingerprint density at radius 3 is 2.12 bits per heavy atom. The van der Waals surface area contributed by atoms with E-state index in [1.165, 1.54) is 31.4 Å². The van der Waals surface area contributed by atoms with Crippen molar-refractivity contribution in [2.45, 2.75) is 55.8 Å². The number of esters is 1. The van der Waals surface area contributed by atoms with Crippen LogP contribution in [0.2, 0.25) is 0 Å². The number of nitrogens with zero attached hydrogens (tertiary/aromatic N) is 5. The van der Waals surface area contributed by atoms with Crippen molar-refractivity contribution in [1.29, 1.82) is 0 Å². The van der Waals surface area contributed by atoms with Gasteiger partial charge in [0.15, 0.2) is 11.5 Å². The number of carbonyl (C=O) groups excluding carboxylic acids is 4. The minimum Gasteiger partial charge on any atom is -0.493 e. The molecule has 2 fully saturated rings. The van der Waals surface area contributed by atoms with E-state index in [2.05, 4.69) is 16.7 Å². The van der Waals surface area contributed by atoms with Crippen LogP contribution in [0.4, 0.5) is 16.2 Å². The number of carbonyl (C=O) groups is 4. The number of morpholine rings is 1. The number of amides is 3. The quantitative estimate of drug-likeness (QED) is 0.0443. The van der Waals surface area contributed by atoms with Gasteiger partial charge in [-0.25, -0.2) is 9.69 Å². The molecular formula is C65H59N5O12. The number of non-ortho nitro benzene ring substituents is 1. The molecule has 6 atom stereocenters. The zero-order valence-corrected chi connectivity index (χ0v) is 45.4. The molecule has 4 aliphatic heterocycles. The number of para-hydroxylation sites is 1. The van der Waals surface area contributed by atoms with E-state index in [1.807, 2.05) is 115 Å². The number of aliphatic hydroxyl groups excluding tert-OH is 1. The number of methoxy groups -OCH3 is 2. The number of cyclic esters (lactones) is 1. The number of imide groups is 1. The van der Waals surface area contributed by atoms with Gasteiger partial charge in [-0.2, -0.15) is 0 Å². The second kappa shape index (κ2) is 23.4. The van der Waals surface area contributed by atoms with E-state index in [0.29, 0.717) is 58.8 Å². The molecule has 82 heavy (non-hydrogen) atoms. The van der Waals surface area contributed by atoms with Crippen molar-refractivity contribution >= 4 is 35.3 Å². The summed E-state index contributed by atoms with van der Waals surface area (Å²) in [6.07, 6.45) is -1.72. The van der Waals surface area contributed by atoms with E-state index in [4.69, 9.17) is 23.7 Å². The molecule has 17 heteroatoms. The molecule has 1 N–H and O–H groups in total. The van der Waals surface area contributed by atoms with Gasteiger partial charge in [0.1, 0.15) is 36.5 Å². The third-order valence-electron chi connectivity index (χ3n) is 15.9. The molecule has 2 saturated heterocycles. The Kier molecular flexibility index (Phi) is 15.6. The van der Waals surface area contributed by atoms with Gasteiger partial charge in [0.25, 0.3) is 5.69 Å². The molecule has 17 nitrogen and oxygen atoms in total. The lowest BCUT2D eigenvalue weighted by atomic mass is 9.64. The summed E-state index contributed by atoms with van der Waals surface area (Å²) in [6.45, 7) is 0.314. The van der Waals surface area contributed by atoms with Crippen LogP contribution in [0.1, 0.15) is 68.3 Å². The molecule has 0 aliphatic carbocycles. The third kappa shape index (κ3) is 10.1. The summed E-state index contributed by atoms with van der Waals surface area (Å²) in [5.74, 6) is 4.04. The Labute approximate surface area is 474 Å². The van der Waals surface area contributed by atoms with Gasteiger partial charge in [-0.3, -0.25) is 34.3 Å². The van der Waals surface area contributed by atoms with Crippen LogP contribution in [0.3, 0.4) is 0 Å². The summed E-state index contributed by atoms with van der Waals surface area (Å²) in [6, 6.07) is 46.3. The van der Waals surface area contributed by atoms with Crippen molar-refractivity contribution in [3.05, 3.63) is 230 Å². The van der Waals surface area contributed by atoms with Crippen molar-refractivity contribution in [3.8, 4) is 29.1 Å². The van der Waals surface area contributed by atoms with Crippen LogP contribution < -0.4 is 19.1 Å². The van der Waals surface area contributed by atoms with Crippen molar-refractivity contribution in [2.24, 2.45) is 5.92 Å². The highest BCUT2D eigenvalue weighted by Crippen LogP contribution is 2.67. The average molecular weight is 1100 g/mol. The van der Waals surface area contributed by atoms with E-state index in [-0.39, 0.29) is 55.6 Å². The number of benzene rings is 7. The number of aliphatic hydroxyl groups is 1. The maximum absolute atomic E-state index is 17.1. The Morgan fingerprint density at radius 2 is 1.44 bits per heavy atom. The number of nitro groups is 1. The van der Waals surface area contributed by atoms with Crippen LogP contribution in [0, 0.1) is 27.9 Å². The minimum absolute atomic E-state index is 0.0581. The average Bonchev–Trinajstić information content (AvgIpc) is 1.61. The van der Waals surface area contributed by atoms with E-state index in [1.54, 1.807) is 54.5 Å². The Morgan fingerprint density at radius 1 is 0.780 bits per heavy atom. The molecule has 0 bridgehead atoms. The zero-order chi connectivity index (χ0) is 57.1. The monoisotopic (exact) mass is 1100 g/mol. The molecule has 0 radical (unpaired) electrons. The second-order valence-corrected chi connectivity index (χ2v) is 20.7. The van der Waals surface area contributed by atoms with Crippen LogP contribution in [-0.4, -0.2) is 102 Å². The first-order valence-corrected chi connectivity index (χ1v) is 27.0. The van der Waals surface area contributed by atoms with Gasteiger partial charge < -0.3 is 33.7 Å². The topological polar surface area (TPSA) is 191 Å². The maximum Gasteiger partial charge on any atom is 0.421 e. The summed E-state index contributed by atoms with van der Waals surface area (Å²) in [7, 11) is 5.04. The fourth-order valence-electron chi connectivity index (χ4n) is 12.3. The lowest BCUT2D eigenvalue weighted by Gasteiger charge is -2.46. The molecule has 4 aliphatic rings. The number of hydrogen-bond acceptors (Lipinski definition) is 14. The normalized spacial score (nSPS) is 20.7. The summed E-state index contributed by atoms with van der Waals surface area (Å²) in [4.78, 5) is 82.6. The van der Waals surface area contributed by atoms with E-state index < -0.39 is 64.4 Å². The zero-order valence-electron chi connectivity index (χ0n) is 45.4. The first-order chi connectivity index (χ1) is 39.9. The van der Waals surface area contributed by atoms with E-state index >= 15 is 19.2 Å². The molecule has 416 valence electrons. The van der Waals surface area contributed by atoms with Crippen molar-refractivity contribution in [2.75, 3.05) is 52.5 Å². The Bertz CT molecular complexity index is 3610. The summed E-state index contributed by atoms with van der Waals surface area (Å²) >= 11 is 0. The molecule has 7 aromatic rings. The highest BCUT2D eigenvalue weighted by atomic mass is 16.6. The number of fused-ring (bicyclic) bond motifs is 4. The molecule has 4 heterocycles. The van der Waals surface area contributed by atoms with Crippen LogP contribution >= 0.6 is 0 Å². The number of anilines is 1. The first-order valence-electron chi connectivity index (χ1n) is 27.0. The lowest BCUT2D eigenvalue weighted by Crippen LogP contribution is -2.57. The fourth-order valence-corrected chi connectivity index (χ4v) is 12.3. The highest BCUT2D eigenvalue weighted by molar-refractivity contribution is 6.23. The molecule has 11 rings (SSSR count). The van der Waals surface area contributed by atoms with Gasteiger partial charge >= 0.3 is 12.1 Å². The number of ether oxygens (including phenoxy) is 5. The third-order valence-corrected chi connectivity index (χ3v) is 15.9. The van der Waals surface area contributed by atoms with Gasteiger partial charge in [-0.1, -0.05) is 121 Å². The molecule has 0 aromatic heterocycles. The van der Waals surface area contributed by atoms with Gasteiger partial charge in [0.2, 0.25) is 11.8 Å². The van der Waals surface area contributed by atoms with Crippen LogP contribution in [0.25, 0.3) is 0 Å². The minimum atomic E-state index is -2.20. The molecule has 1 spiro atoms. The highest BCUT2D eigenvalue weighted by Gasteiger charge is 2.76. The largest absolute Gasteiger partial charge is 0.493 e. The van der Waals surface area contributed by atoms with Gasteiger partial charge in [-0.05, 0) is 101 Å². The Balaban J connectivity index is 1.16. The van der Waals surface area contributed by atoms with Crippen LogP contribution in [-0.2, 0) is 55.4 Å². The van der Waals surface area contributed by atoms with Crippen molar-refractivity contribution < 1.29 is 52.9 Å². The molecule has 0 unspecified atom stereocenters. The van der Waals surface area contributed by atoms with Gasteiger partial charge in [-0.15, -0.1) is 0 Å². The number of nitro benzene ring substituents is 1. The van der Waals surface area contributed by atoms with E-state index in [9.17, 15) is 15.2 Å². The fraction of sp³-hybridized carbons (Fsp3) is 0.262. The molecule has 7 aromatic carbocycles. The summed E-state index contributed by atoms with van der Waals surface area (Å²) < 4.78 is 30.6. The van der Waals surface area contributed by atoms with Crippen molar-refractivity contribution in [1.82, 2.24) is 14.7 Å². The van der Waals surface area contributed by atoms with Crippen LogP contribution in [0.5, 0.6) is 17.2 Å². The molecule has 0 saturated carbocycles. The standard InChI is InChI=1S/C65H59N5O12/c1-66(39-43-16-7-4-8-17-43)32-15-18-42-27-30-52-51(36-42)65(63(74)68(52)64(75)81-41-44-25-28-49(29-26-44)70(76)77)56(61(72)67-33-31-47-37-54(78-2)55(79-3)38-48(47)40-67)58-62(73)82-59(46-21-11-6-12-22-46)57(45-19-9-5-10-20-45)69(58)60(65)50-23-13-14-24-53(50)80-35-34-71/h4-14,16-17,19-30,36-38,56-60,71H,31-35,39-41H2,1-3H3/t56-,57-,58-,59+,60+,65-/m0/s1. The summed E-state index contributed by atoms with van der Waals surface area (Å²) in [5, 5.41) is 21.9. The van der Waals surface area contributed by atoms with Crippen molar-refractivity contribution in [3.63, 3.8) is 0 Å². The van der Waals surface area contributed by atoms with Gasteiger partial charge in [0.05, 0.1) is 56.0 Å². The number of hydrogen-bond donors (Lipinski definition) is 1. The first kappa shape index (κ1) is 54.6. The second-order valence-electron chi connectivity index (χ2n) is 20.7. The Hall–Kier alpha value is -9.34. The lowest BCUT2D eigenvalue weighted by molar-refractivity contribution is -0.384.